The fourth-order valence-corrected chi connectivity index (χ4v) is 13.8. The quantitative estimate of drug-likeness (QED) is 0.00676. The predicted molar refractivity (Wildman–Crippen MR) is 324 cm³/mol. The number of hydrogen-bond donors (Lipinski definition) is 5. The van der Waals surface area contributed by atoms with Crippen LogP contribution in [0.1, 0.15) is 16.8 Å². The minimum Gasteiger partial charge on any atom is -0.505 e. The van der Waals surface area contributed by atoms with E-state index in [1.54, 1.807) is 31.2 Å². The topological polar surface area (TPSA) is 544 Å². The largest absolute Gasteiger partial charge is 0.505 e. The molecule has 0 aliphatic heterocycles. The molecule has 0 amide bonds. The molecule has 37 nitrogen and oxygen atoms in total. The minimum atomic E-state index is -5.20. The van der Waals surface area contributed by atoms with Gasteiger partial charge in [-0.25, -0.2) is 0 Å². The number of halogens is 1. The first-order chi connectivity index (χ1) is 44.0. The molecule has 0 spiro atoms. The lowest BCUT2D eigenvalue weighted by molar-refractivity contribution is -0.385. The van der Waals surface area contributed by atoms with Gasteiger partial charge in [0.05, 0.1) is 67.9 Å². The maximum absolute atomic E-state index is 14.0. The summed E-state index contributed by atoms with van der Waals surface area (Å²) in [6, 6.07) is 14.1. The van der Waals surface area contributed by atoms with Gasteiger partial charge in [-0.15, -0.1) is 35.8 Å². The number of nitrogens with two attached hydrogens (primary N) is 1. The summed E-state index contributed by atoms with van der Waals surface area (Å²) in [4.78, 5) is 16.7. The second-order valence-corrected chi connectivity index (χ2v) is 28.9. The number of carbonyl (C=O) groups excluding carboxylic acids is 1. The highest BCUT2D eigenvalue weighted by molar-refractivity contribution is 7.88. The molecule has 0 unspecified atom stereocenters. The van der Waals surface area contributed by atoms with E-state index in [0.29, 0.717) is 52.3 Å². The average Bonchev–Trinajstić information content (AvgIpc) is 0.877. The molecule has 0 aliphatic carbocycles. The zero-order valence-electron chi connectivity index (χ0n) is 48.3. The third-order valence-corrected chi connectivity index (χ3v) is 20.6. The molecule has 7 aromatic carbocycles. The standard InChI is InChI=1S/C50H43ClN12O25S6/c1-24-7-9-27(10-8-24)62-50(67)45(36(61-62)21-88-23-64)59-58-44-32(51)16-26(17-39(44)92(77,78)85-4)53-60-46-40(93(79,80)86-5)19-30-29(47(46)65)12-14-34(49(30)94(81,82)87-6)55-56-35-20-37(90(73,74)83-2)31-15-25(22-89(70,71)72)43(48(66)41(31)42(35)52)57-54-33-13-11-28(63(68)69)18-38(33)91(75,76)84-3/h7-20,23,65-67H,21-22,52H2,1-6H3,(H,70,71,72). The maximum atomic E-state index is 14.0. The number of nitro benzene ring substituents is 1. The number of ether oxygens (including phenoxy) is 1. The number of nitro groups is 1. The first-order valence-electron chi connectivity index (χ1n) is 25.1. The van der Waals surface area contributed by atoms with E-state index in [4.69, 9.17) is 38.8 Å². The molecular weight excluding hydrogens is 1400 g/mol. The second kappa shape index (κ2) is 26.8. The summed E-state index contributed by atoms with van der Waals surface area (Å²) < 4.78 is 199. The summed E-state index contributed by atoms with van der Waals surface area (Å²) in [5.41, 5.74) is -0.602. The van der Waals surface area contributed by atoms with Crippen molar-refractivity contribution in [3.05, 3.63) is 117 Å². The Hall–Kier alpha value is -9.51. The number of fused-ring (bicyclic) bond motifs is 2. The number of rotatable bonds is 25. The van der Waals surface area contributed by atoms with Gasteiger partial charge >= 0.3 is 0 Å². The molecular formula is C50H43ClN12O25S6. The number of benzene rings is 7. The van der Waals surface area contributed by atoms with Gasteiger partial charge in [-0.2, -0.15) is 65.4 Å². The Morgan fingerprint density at radius 3 is 1.72 bits per heavy atom. The van der Waals surface area contributed by atoms with Crippen molar-refractivity contribution in [1.29, 1.82) is 0 Å². The highest BCUT2D eigenvalue weighted by Crippen LogP contribution is 2.51. The molecule has 0 bridgehead atoms. The summed E-state index contributed by atoms with van der Waals surface area (Å²) in [5.74, 6) is -4.53. The van der Waals surface area contributed by atoms with E-state index in [9.17, 15) is 85.3 Å². The molecule has 0 saturated heterocycles. The summed E-state index contributed by atoms with van der Waals surface area (Å²) in [7, 11) is -26.8. The highest BCUT2D eigenvalue weighted by Gasteiger charge is 2.33. The van der Waals surface area contributed by atoms with Crippen molar-refractivity contribution < 1.29 is 106 Å². The van der Waals surface area contributed by atoms with E-state index >= 15 is 0 Å². The van der Waals surface area contributed by atoms with Crippen LogP contribution < -0.4 is 5.73 Å². The third-order valence-electron chi connectivity index (χ3n) is 13.0. The number of phenols is 2. The molecule has 8 rings (SSSR count). The fourth-order valence-electron chi connectivity index (χ4n) is 8.60. The lowest BCUT2D eigenvalue weighted by Crippen LogP contribution is -2.07. The number of nitrogens with zero attached hydrogens (tertiary/aromatic N) is 11. The van der Waals surface area contributed by atoms with Crippen molar-refractivity contribution in [2.24, 2.45) is 40.9 Å². The molecule has 0 aliphatic rings. The van der Waals surface area contributed by atoms with Crippen LogP contribution in [0.2, 0.25) is 5.02 Å². The maximum Gasteiger partial charge on any atom is 0.299 e. The van der Waals surface area contributed by atoms with Gasteiger partial charge in [0.15, 0.2) is 17.2 Å². The molecule has 0 atom stereocenters. The number of carbonyl (C=O) groups is 1. The van der Waals surface area contributed by atoms with Crippen molar-refractivity contribution >= 4 is 157 Å². The molecule has 6 N–H and O–H groups in total. The molecule has 94 heavy (non-hydrogen) atoms. The molecule has 1 aromatic heterocycles. The van der Waals surface area contributed by atoms with Crippen LogP contribution in [0.15, 0.2) is 150 Å². The molecule has 8 aromatic rings. The molecule has 496 valence electrons. The number of anilines is 1. The van der Waals surface area contributed by atoms with Gasteiger partial charge in [-0.3, -0.25) is 40.4 Å². The average molecular weight is 1440 g/mol. The van der Waals surface area contributed by atoms with E-state index in [2.05, 4.69) is 50.2 Å². The van der Waals surface area contributed by atoms with Crippen molar-refractivity contribution in [2.45, 2.75) is 43.8 Å². The Kier molecular flexibility index (Phi) is 20.1. The first kappa shape index (κ1) is 70.4. The Morgan fingerprint density at radius 1 is 0.585 bits per heavy atom. The van der Waals surface area contributed by atoms with E-state index in [1.165, 1.54) is 0 Å². The van der Waals surface area contributed by atoms with Gasteiger partial charge in [0.1, 0.15) is 76.7 Å². The zero-order valence-corrected chi connectivity index (χ0v) is 53.9. The zero-order chi connectivity index (χ0) is 69.4. The lowest BCUT2D eigenvalue weighted by atomic mass is 10.0. The Balaban J connectivity index is 1.29. The van der Waals surface area contributed by atoms with Crippen molar-refractivity contribution in [1.82, 2.24) is 9.78 Å². The number of azo groups is 4. The highest BCUT2D eigenvalue weighted by atomic mass is 35.5. The summed E-state index contributed by atoms with van der Waals surface area (Å²) in [6.45, 7) is 1.34. The molecule has 1 heterocycles. The van der Waals surface area contributed by atoms with E-state index in [-0.39, 0.29) is 12.2 Å². The number of aromatic hydroxyl groups is 3. The van der Waals surface area contributed by atoms with Gasteiger partial charge in [0, 0.05) is 33.9 Å². The van der Waals surface area contributed by atoms with Crippen LogP contribution in [0.4, 0.5) is 56.9 Å². The predicted octanol–water partition coefficient (Wildman–Crippen LogP) is 9.15. The van der Waals surface area contributed by atoms with Crippen LogP contribution in [0, 0.1) is 17.0 Å². The van der Waals surface area contributed by atoms with Crippen LogP contribution in [0.3, 0.4) is 0 Å². The molecule has 44 heteroatoms. The van der Waals surface area contributed by atoms with Crippen LogP contribution in [0.25, 0.3) is 27.2 Å². The monoisotopic (exact) mass is 1440 g/mol. The first-order valence-corrected chi connectivity index (χ1v) is 34.2. The summed E-state index contributed by atoms with van der Waals surface area (Å²) in [5, 5.41) is 78.5. The van der Waals surface area contributed by atoms with Gasteiger partial charge in [-0.1, -0.05) is 29.3 Å². The minimum absolute atomic E-state index is 0.0856. The smallest absolute Gasteiger partial charge is 0.299 e. The Bertz CT molecular complexity index is 5350. The fraction of sp³-hybridized carbons (Fsp3) is 0.160. The Morgan fingerprint density at radius 2 is 1.13 bits per heavy atom. The SMILES string of the molecule is COS(=O)(=O)c1cc([N+](=O)[O-])ccc1N=Nc1c(CS(=O)(=O)O)cc2c(S(=O)(=O)OC)cc(N=Nc3ccc4c(O)c(N=Nc5cc(Cl)c(N=Nc6c(COC=O)nn(-c7ccc(C)cc7)c6O)c(S(=O)(=O)OC)c5)c(S(=O)(=O)OC)cc4c3S(=O)(=O)OC)c(N)c2c1O. The number of nitrogen functional groups attached to an aromatic ring is 1. The number of non-ortho nitro benzene ring substituents is 1. The number of phenolic OH excluding ortho intramolecular Hbond substituents is 2. The van der Waals surface area contributed by atoms with Gasteiger partial charge in [-0.05, 0) is 67.6 Å². The molecule has 0 saturated carbocycles. The number of hydrogen-bond acceptors (Lipinski definition) is 34. The van der Waals surface area contributed by atoms with Crippen LogP contribution in [0.5, 0.6) is 17.4 Å². The molecule has 0 fully saturated rings. The Labute approximate surface area is 535 Å². The lowest BCUT2D eigenvalue weighted by Gasteiger charge is -2.16. The normalized spacial score (nSPS) is 13.0. The van der Waals surface area contributed by atoms with Crippen LogP contribution in [-0.2, 0) is 104 Å². The van der Waals surface area contributed by atoms with E-state index in [1.807, 2.05) is 0 Å². The number of aryl methyl sites for hydroxylation is 1. The summed E-state index contributed by atoms with van der Waals surface area (Å²) in [6.07, 6.45) is 0. The molecule has 0 radical (unpaired) electrons. The van der Waals surface area contributed by atoms with E-state index < -0.39 is 209 Å². The van der Waals surface area contributed by atoms with Crippen LogP contribution in [-0.4, -0.2) is 127 Å². The summed E-state index contributed by atoms with van der Waals surface area (Å²) >= 11 is 6.58. The number of aromatic nitrogens is 2. The van der Waals surface area contributed by atoms with E-state index in [0.717, 1.165) is 59.8 Å². The second-order valence-electron chi connectivity index (χ2n) is 18.6. The third kappa shape index (κ3) is 14.2. The van der Waals surface area contributed by atoms with Crippen LogP contribution >= 0.6 is 11.6 Å². The van der Waals surface area contributed by atoms with Gasteiger partial charge in [0.2, 0.25) is 5.88 Å². The van der Waals surface area contributed by atoms with Crippen molar-refractivity contribution in [3.63, 3.8) is 0 Å². The van der Waals surface area contributed by atoms with Gasteiger partial charge < -0.3 is 25.8 Å². The van der Waals surface area contributed by atoms with Crippen molar-refractivity contribution in [2.75, 3.05) is 41.3 Å². The van der Waals surface area contributed by atoms with Crippen molar-refractivity contribution in [3.8, 4) is 23.1 Å². The van der Waals surface area contributed by atoms with Gasteiger partial charge in [0.25, 0.3) is 72.9 Å².